The Labute approximate surface area is 180 Å². The molecule has 2 heterocycles. The number of hydrogen-bond donors (Lipinski definition) is 0. The lowest BCUT2D eigenvalue weighted by atomic mass is 10.0. The molecule has 0 N–H and O–H groups in total. The smallest absolute Gasteiger partial charge is 0.227 e. The summed E-state index contributed by atoms with van der Waals surface area (Å²) in [5.41, 5.74) is 3.93. The number of likely N-dealkylation sites (N-methyl/N-ethyl adjacent to an activating group) is 1. The van der Waals surface area contributed by atoms with Crippen LogP contribution in [-0.4, -0.2) is 27.6 Å². The molecular weight excluding hydrogens is 386 g/mol. The maximum Gasteiger partial charge on any atom is 0.227 e. The molecule has 0 radical (unpaired) electrons. The van der Waals surface area contributed by atoms with Gasteiger partial charge in [0.15, 0.2) is 0 Å². The zero-order valence-electron chi connectivity index (χ0n) is 17.4. The van der Waals surface area contributed by atoms with E-state index in [9.17, 15) is 4.79 Å². The van der Waals surface area contributed by atoms with E-state index in [4.69, 9.17) is 4.42 Å². The Morgan fingerprint density at radius 3 is 2.68 bits per heavy atom. The van der Waals surface area contributed by atoms with Crippen LogP contribution in [-0.2, 0) is 24.3 Å². The standard InChI is InChI=1S/C26H23N3O2/c1-28(15-20-14-27-29(17-20)16-19-7-3-2-4-8-19)25(30)13-22-18-31-24-12-11-21-9-5-6-10-23(21)26(22)24/h2-12,14,17-18H,13,15-16H2,1H3. The molecule has 0 spiro atoms. The van der Waals surface area contributed by atoms with Gasteiger partial charge in [-0.2, -0.15) is 5.10 Å². The van der Waals surface area contributed by atoms with Crippen LogP contribution < -0.4 is 0 Å². The van der Waals surface area contributed by atoms with Gasteiger partial charge in [-0.15, -0.1) is 0 Å². The number of carbonyl (C=O) groups is 1. The summed E-state index contributed by atoms with van der Waals surface area (Å²) >= 11 is 0. The van der Waals surface area contributed by atoms with E-state index < -0.39 is 0 Å². The molecule has 0 aliphatic rings. The molecule has 0 unspecified atom stereocenters. The maximum absolute atomic E-state index is 12.9. The van der Waals surface area contributed by atoms with Gasteiger partial charge in [0.05, 0.1) is 25.4 Å². The number of hydrogen-bond acceptors (Lipinski definition) is 3. The van der Waals surface area contributed by atoms with Crippen LogP contribution in [0.15, 0.2) is 89.8 Å². The van der Waals surface area contributed by atoms with Crippen molar-refractivity contribution in [3.8, 4) is 0 Å². The maximum atomic E-state index is 12.9. The molecular formula is C26H23N3O2. The van der Waals surface area contributed by atoms with E-state index in [1.165, 1.54) is 5.56 Å². The molecule has 0 bridgehead atoms. The third kappa shape index (κ3) is 3.94. The lowest BCUT2D eigenvalue weighted by Gasteiger charge is -2.16. The van der Waals surface area contributed by atoms with E-state index in [1.54, 1.807) is 11.2 Å². The third-order valence-electron chi connectivity index (χ3n) is 5.60. The summed E-state index contributed by atoms with van der Waals surface area (Å²) in [6.07, 6.45) is 5.83. The molecule has 2 aromatic heterocycles. The molecule has 31 heavy (non-hydrogen) atoms. The first-order valence-corrected chi connectivity index (χ1v) is 10.3. The van der Waals surface area contributed by atoms with Gasteiger partial charge in [0.2, 0.25) is 5.91 Å². The molecule has 0 atom stereocenters. The average Bonchev–Trinajstić information content (AvgIpc) is 3.41. The van der Waals surface area contributed by atoms with Crippen LogP contribution in [0.4, 0.5) is 0 Å². The average molecular weight is 409 g/mol. The summed E-state index contributed by atoms with van der Waals surface area (Å²) < 4.78 is 7.63. The van der Waals surface area contributed by atoms with Gasteiger partial charge in [-0.25, -0.2) is 0 Å². The summed E-state index contributed by atoms with van der Waals surface area (Å²) in [6.45, 7) is 1.23. The number of furan rings is 1. The fourth-order valence-corrected chi connectivity index (χ4v) is 4.01. The van der Waals surface area contributed by atoms with Crippen molar-refractivity contribution in [3.63, 3.8) is 0 Å². The second-order valence-corrected chi connectivity index (χ2v) is 7.88. The second kappa shape index (κ2) is 8.11. The lowest BCUT2D eigenvalue weighted by Crippen LogP contribution is -2.27. The van der Waals surface area contributed by atoms with Crippen molar-refractivity contribution in [3.05, 3.63) is 102 Å². The summed E-state index contributed by atoms with van der Waals surface area (Å²) in [5.74, 6) is 0.0476. The monoisotopic (exact) mass is 409 g/mol. The Bertz CT molecular complexity index is 1350. The highest BCUT2D eigenvalue weighted by molar-refractivity contribution is 6.08. The largest absolute Gasteiger partial charge is 0.464 e. The summed E-state index contributed by atoms with van der Waals surface area (Å²) in [6, 6.07) is 22.4. The Morgan fingerprint density at radius 1 is 1.00 bits per heavy atom. The van der Waals surface area contributed by atoms with Gasteiger partial charge in [-0.05, 0) is 22.4 Å². The minimum absolute atomic E-state index is 0.0476. The van der Waals surface area contributed by atoms with Gasteiger partial charge in [-0.1, -0.05) is 60.7 Å². The number of rotatable bonds is 6. The fraction of sp³-hybridized carbons (Fsp3) is 0.154. The van der Waals surface area contributed by atoms with Crippen LogP contribution in [0.1, 0.15) is 16.7 Å². The predicted octanol–water partition coefficient (Wildman–Crippen LogP) is 5.03. The van der Waals surface area contributed by atoms with Crippen molar-refractivity contribution < 1.29 is 9.21 Å². The van der Waals surface area contributed by atoms with Gasteiger partial charge >= 0.3 is 0 Å². The number of nitrogens with zero attached hydrogens (tertiary/aromatic N) is 3. The van der Waals surface area contributed by atoms with Crippen LogP contribution >= 0.6 is 0 Å². The van der Waals surface area contributed by atoms with E-state index in [2.05, 4.69) is 29.4 Å². The Kier molecular flexibility index (Phi) is 5.00. The molecule has 0 fully saturated rings. The number of carbonyl (C=O) groups excluding carboxylic acids is 1. The molecule has 5 nitrogen and oxygen atoms in total. The SMILES string of the molecule is CN(Cc1cnn(Cc2ccccc2)c1)C(=O)Cc1coc2ccc3ccccc3c12. The minimum atomic E-state index is 0.0476. The van der Waals surface area contributed by atoms with E-state index in [1.807, 2.05) is 66.6 Å². The number of benzene rings is 3. The predicted molar refractivity (Wildman–Crippen MR) is 122 cm³/mol. The molecule has 3 aromatic carbocycles. The second-order valence-electron chi connectivity index (χ2n) is 7.88. The fourth-order valence-electron chi connectivity index (χ4n) is 4.01. The Hall–Kier alpha value is -3.86. The van der Waals surface area contributed by atoms with E-state index in [-0.39, 0.29) is 5.91 Å². The van der Waals surface area contributed by atoms with Gasteiger partial charge in [0.1, 0.15) is 5.58 Å². The lowest BCUT2D eigenvalue weighted by molar-refractivity contribution is -0.129. The molecule has 0 saturated carbocycles. The van der Waals surface area contributed by atoms with Gasteiger partial charge in [-0.3, -0.25) is 9.48 Å². The number of aromatic nitrogens is 2. The van der Waals surface area contributed by atoms with Gasteiger partial charge < -0.3 is 9.32 Å². The van der Waals surface area contributed by atoms with Crippen LogP contribution in [0.5, 0.6) is 0 Å². The van der Waals surface area contributed by atoms with Gasteiger partial charge in [0.25, 0.3) is 0 Å². The van der Waals surface area contributed by atoms with E-state index in [0.717, 1.165) is 32.9 Å². The first kappa shape index (κ1) is 19.1. The Morgan fingerprint density at radius 2 is 1.81 bits per heavy atom. The molecule has 154 valence electrons. The van der Waals surface area contributed by atoms with Crippen molar-refractivity contribution in [2.75, 3.05) is 7.05 Å². The zero-order valence-corrected chi connectivity index (χ0v) is 17.4. The molecule has 1 amide bonds. The third-order valence-corrected chi connectivity index (χ3v) is 5.60. The topological polar surface area (TPSA) is 51.3 Å². The number of fused-ring (bicyclic) bond motifs is 3. The summed E-state index contributed by atoms with van der Waals surface area (Å²) in [7, 11) is 1.83. The molecule has 5 heteroatoms. The highest BCUT2D eigenvalue weighted by Crippen LogP contribution is 2.30. The summed E-state index contributed by atoms with van der Waals surface area (Å²) in [4.78, 5) is 14.7. The molecule has 5 aromatic rings. The highest BCUT2D eigenvalue weighted by Gasteiger charge is 2.16. The van der Waals surface area contributed by atoms with Crippen molar-refractivity contribution in [1.29, 1.82) is 0 Å². The molecule has 0 aliphatic carbocycles. The summed E-state index contributed by atoms with van der Waals surface area (Å²) in [5, 5.41) is 7.72. The van der Waals surface area contributed by atoms with E-state index >= 15 is 0 Å². The highest BCUT2D eigenvalue weighted by atomic mass is 16.3. The zero-order chi connectivity index (χ0) is 21.2. The minimum Gasteiger partial charge on any atom is -0.464 e. The quantitative estimate of drug-likeness (QED) is 0.395. The molecule has 0 saturated heterocycles. The Balaban J connectivity index is 1.30. The first-order valence-electron chi connectivity index (χ1n) is 10.3. The van der Waals surface area contributed by atoms with Crippen molar-refractivity contribution in [2.24, 2.45) is 0 Å². The van der Waals surface area contributed by atoms with Crippen LogP contribution in [0.3, 0.4) is 0 Å². The molecule has 0 aliphatic heterocycles. The van der Waals surface area contributed by atoms with E-state index in [0.29, 0.717) is 19.5 Å². The van der Waals surface area contributed by atoms with Gasteiger partial charge in [0, 0.05) is 36.3 Å². The molecule has 5 rings (SSSR count). The first-order chi connectivity index (χ1) is 15.2. The van der Waals surface area contributed by atoms with Crippen molar-refractivity contribution in [1.82, 2.24) is 14.7 Å². The van der Waals surface area contributed by atoms with Crippen LogP contribution in [0.25, 0.3) is 21.7 Å². The van der Waals surface area contributed by atoms with Crippen molar-refractivity contribution >= 4 is 27.6 Å². The van der Waals surface area contributed by atoms with Crippen LogP contribution in [0, 0.1) is 0 Å². The normalized spacial score (nSPS) is 11.3. The van der Waals surface area contributed by atoms with Crippen molar-refractivity contribution in [2.45, 2.75) is 19.5 Å². The number of amides is 1. The van der Waals surface area contributed by atoms with Crippen LogP contribution in [0.2, 0.25) is 0 Å².